The second-order valence-corrected chi connectivity index (χ2v) is 6.71. The van der Waals surface area contributed by atoms with E-state index in [1.165, 1.54) is 6.20 Å². The number of hydrogen-bond acceptors (Lipinski definition) is 5. The lowest BCUT2D eigenvalue weighted by atomic mass is 10.1. The van der Waals surface area contributed by atoms with E-state index in [2.05, 4.69) is 9.71 Å². The van der Waals surface area contributed by atoms with Crippen LogP contribution < -0.4 is 10.5 Å². The van der Waals surface area contributed by atoms with Crippen LogP contribution in [0.3, 0.4) is 0 Å². The molecule has 0 aliphatic carbocycles. The molecule has 1 saturated heterocycles. The summed E-state index contributed by atoms with van der Waals surface area (Å²) in [5.74, 6) is -0.150. The summed E-state index contributed by atoms with van der Waals surface area (Å²) in [7, 11) is -3.20. The van der Waals surface area contributed by atoms with Gasteiger partial charge in [-0.05, 0) is 25.0 Å². The van der Waals surface area contributed by atoms with Crippen LogP contribution >= 0.6 is 0 Å². The maximum Gasteiger partial charge on any atom is 0.272 e. The lowest BCUT2D eigenvalue weighted by Crippen LogP contribution is -2.46. The topological polar surface area (TPSA) is 105 Å². The van der Waals surface area contributed by atoms with Crippen LogP contribution in [0.2, 0.25) is 0 Å². The number of pyridine rings is 1. The van der Waals surface area contributed by atoms with Crippen molar-refractivity contribution in [3.8, 4) is 0 Å². The van der Waals surface area contributed by atoms with E-state index >= 15 is 0 Å². The molecule has 1 aromatic rings. The summed E-state index contributed by atoms with van der Waals surface area (Å²) >= 11 is 0. The van der Waals surface area contributed by atoms with E-state index in [0.717, 1.165) is 6.26 Å². The number of carbonyl (C=O) groups excluding carboxylic acids is 1. The third-order valence-electron chi connectivity index (χ3n) is 3.17. The fraction of sp³-hybridized carbons (Fsp3) is 0.500. The van der Waals surface area contributed by atoms with Gasteiger partial charge in [-0.1, -0.05) is 0 Å². The van der Waals surface area contributed by atoms with Gasteiger partial charge in [0.25, 0.3) is 5.91 Å². The SMILES string of the molecule is CS(=O)(=O)NC1CCN(C(=O)c2ccc(N)cn2)CC1. The smallest absolute Gasteiger partial charge is 0.272 e. The Balaban J connectivity index is 1.93. The van der Waals surface area contributed by atoms with Crippen molar-refractivity contribution in [2.45, 2.75) is 18.9 Å². The molecule has 0 radical (unpaired) electrons. The molecule has 0 atom stereocenters. The number of amides is 1. The van der Waals surface area contributed by atoms with E-state index in [9.17, 15) is 13.2 Å². The molecule has 2 rings (SSSR count). The zero-order valence-corrected chi connectivity index (χ0v) is 12.1. The van der Waals surface area contributed by atoms with Crippen molar-refractivity contribution < 1.29 is 13.2 Å². The summed E-state index contributed by atoms with van der Waals surface area (Å²) in [5, 5.41) is 0. The number of sulfonamides is 1. The maximum absolute atomic E-state index is 12.2. The van der Waals surface area contributed by atoms with Crippen molar-refractivity contribution in [1.82, 2.24) is 14.6 Å². The lowest BCUT2D eigenvalue weighted by Gasteiger charge is -2.31. The number of carbonyl (C=O) groups is 1. The Morgan fingerprint density at radius 1 is 1.40 bits per heavy atom. The van der Waals surface area contributed by atoms with E-state index < -0.39 is 10.0 Å². The molecule has 1 aliphatic heterocycles. The number of nitrogens with zero attached hydrogens (tertiary/aromatic N) is 2. The lowest BCUT2D eigenvalue weighted by molar-refractivity contribution is 0.0705. The highest BCUT2D eigenvalue weighted by molar-refractivity contribution is 7.88. The molecule has 1 aliphatic rings. The second-order valence-electron chi connectivity index (χ2n) is 4.93. The zero-order valence-electron chi connectivity index (χ0n) is 11.2. The fourth-order valence-electron chi connectivity index (χ4n) is 2.20. The summed E-state index contributed by atoms with van der Waals surface area (Å²) in [6.07, 6.45) is 3.80. The average Bonchev–Trinajstić information content (AvgIpc) is 2.38. The van der Waals surface area contributed by atoms with Crippen molar-refractivity contribution in [1.29, 1.82) is 0 Å². The number of nitrogens with one attached hydrogen (secondary N) is 1. The Kier molecular flexibility index (Phi) is 4.24. The first-order valence-electron chi connectivity index (χ1n) is 6.33. The van der Waals surface area contributed by atoms with Crippen molar-refractivity contribution in [2.24, 2.45) is 0 Å². The van der Waals surface area contributed by atoms with Gasteiger partial charge in [0.05, 0.1) is 18.1 Å². The maximum atomic E-state index is 12.2. The van der Waals surface area contributed by atoms with Crippen LogP contribution in [0.15, 0.2) is 18.3 Å². The molecule has 0 saturated carbocycles. The summed E-state index contributed by atoms with van der Waals surface area (Å²) in [6, 6.07) is 3.13. The molecule has 8 heteroatoms. The molecular weight excluding hydrogens is 280 g/mol. The van der Waals surface area contributed by atoms with Crippen LogP contribution in [0.5, 0.6) is 0 Å². The van der Waals surface area contributed by atoms with Crippen molar-refractivity contribution >= 4 is 21.6 Å². The fourth-order valence-corrected chi connectivity index (χ4v) is 3.04. The molecule has 0 spiro atoms. The summed E-state index contributed by atoms with van der Waals surface area (Å²) in [5.41, 5.74) is 6.40. The number of hydrogen-bond donors (Lipinski definition) is 2. The highest BCUT2D eigenvalue weighted by Crippen LogP contribution is 2.14. The van der Waals surface area contributed by atoms with E-state index in [1.54, 1.807) is 17.0 Å². The number of nitrogen functional groups attached to an aromatic ring is 1. The van der Waals surface area contributed by atoms with Crippen LogP contribution in [0, 0.1) is 0 Å². The largest absolute Gasteiger partial charge is 0.397 e. The van der Waals surface area contributed by atoms with Gasteiger partial charge >= 0.3 is 0 Å². The van der Waals surface area contributed by atoms with E-state index in [1.807, 2.05) is 0 Å². The highest BCUT2D eigenvalue weighted by atomic mass is 32.2. The van der Waals surface area contributed by atoms with Gasteiger partial charge in [0, 0.05) is 19.1 Å². The minimum Gasteiger partial charge on any atom is -0.397 e. The normalized spacial score (nSPS) is 17.1. The van der Waals surface area contributed by atoms with Crippen LogP contribution in [0.4, 0.5) is 5.69 Å². The first kappa shape index (κ1) is 14.7. The summed E-state index contributed by atoms with van der Waals surface area (Å²) < 4.78 is 24.9. The molecule has 0 bridgehead atoms. The minimum atomic E-state index is -3.20. The Bertz CT molecular complexity index is 577. The highest BCUT2D eigenvalue weighted by Gasteiger charge is 2.25. The molecule has 7 nitrogen and oxygen atoms in total. The van der Waals surface area contributed by atoms with Gasteiger partial charge in [0.2, 0.25) is 10.0 Å². The Morgan fingerprint density at radius 2 is 2.05 bits per heavy atom. The van der Waals surface area contributed by atoms with Crippen molar-refractivity contribution in [3.05, 3.63) is 24.0 Å². The Morgan fingerprint density at radius 3 is 2.55 bits per heavy atom. The van der Waals surface area contributed by atoms with Gasteiger partial charge in [-0.15, -0.1) is 0 Å². The molecule has 0 aromatic carbocycles. The molecule has 1 fully saturated rings. The summed E-state index contributed by atoms with van der Waals surface area (Å²) in [4.78, 5) is 17.9. The predicted octanol–water partition coefficient (Wildman–Crippen LogP) is -0.182. The average molecular weight is 298 g/mol. The van der Waals surface area contributed by atoms with Crippen LogP contribution in [-0.2, 0) is 10.0 Å². The number of nitrogens with two attached hydrogens (primary N) is 1. The second kappa shape index (κ2) is 5.76. The van der Waals surface area contributed by atoms with E-state index in [-0.39, 0.29) is 11.9 Å². The number of rotatable bonds is 3. The first-order chi connectivity index (χ1) is 9.35. The number of aromatic nitrogens is 1. The number of piperidine rings is 1. The van der Waals surface area contributed by atoms with Crippen LogP contribution in [-0.4, -0.2) is 49.6 Å². The molecule has 1 amide bonds. The van der Waals surface area contributed by atoms with Gasteiger partial charge < -0.3 is 10.6 Å². The van der Waals surface area contributed by atoms with Crippen LogP contribution in [0.1, 0.15) is 23.3 Å². The third kappa shape index (κ3) is 3.91. The Labute approximate surface area is 118 Å². The van der Waals surface area contributed by atoms with Crippen molar-refractivity contribution in [2.75, 3.05) is 25.1 Å². The van der Waals surface area contributed by atoms with Gasteiger partial charge in [-0.3, -0.25) is 4.79 Å². The molecular formula is C12H18N4O3S. The van der Waals surface area contributed by atoms with Gasteiger partial charge in [0.15, 0.2) is 0 Å². The van der Waals surface area contributed by atoms with Crippen molar-refractivity contribution in [3.63, 3.8) is 0 Å². The monoisotopic (exact) mass is 298 g/mol. The van der Waals surface area contributed by atoms with Crippen LogP contribution in [0.25, 0.3) is 0 Å². The minimum absolute atomic E-state index is 0.103. The molecule has 2 heterocycles. The van der Waals surface area contributed by atoms with Gasteiger partial charge in [-0.2, -0.15) is 0 Å². The standard InChI is InChI=1S/C12H18N4O3S/c1-20(18,19)15-10-4-6-16(7-5-10)12(17)11-3-2-9(13)8-14-11/h2-3,8,10,15H,4-7,13H2,1H3. The molecule has 110 valence electrons. The molecule has 0 unspecified atom stereocenters. The quantitative estimate of drug-likeness (QED) is 0.805. The zero-order chi connectivity index (χ0) is 14.8. The summed E-state index contributed by atoms with van der Waals surface area (Å²) in [6.45, 7) is 1.02. The number of likely N-dealkylation sites (tertiary alicyclic amines) is 1. The van der Waals surface area contributed by atoms with Gasteiger partial charge in [0.1, 0.15) is 5.69 Å². The molecule has 3 N–H and O–H groups in total. The Hall–Kier alpha value is -1.67. The molecule has 20 heavy (non-hydrogen) atoms. The predicted molar refractivity (Wildman–Crippen MR) is 75.6 cm³/mol. The van der Waals surface area contributed by atoms with E-state index in [0.29, 0.717) is 37.3 Å². The third-order valence-corrected chi connectivity index (χ3v) is 3.93. The first-order valence-corrected chi connectivity index (χ1v) is 8.22. The number of anilines is 1. The van der Waals surface area contributed by atoms with Gasteiger partial charge in [-0.25, -0.2) is 18.1 Å². The molecule has 1 aromatic heterocycles. The van der Waals surface area contributed by atoms with E-state index in [4.69, 9.17) is 5.73 Å².